The number of benzene rings is 2. The number of hydrogen-bond donors (Lipinski definition) is 2. The topological polar surface area (TPSA) is 36.4 Å². The summed E-state index contributed by atoms with van der Waals surface area (Å²) >= 11 is 0. The van der Waals surface area contributed by atoms with Gasteiger partial charge in [0.05, 0.1) is 12.6 Å². The van der Waals surface area contributed by atoms with Crippen molar-refractivity contribution >= 4 is 29.9 Å². The van der Waals surface area contributed by atoms with Crippen LogP contribution in [-0.4, -0.2) is 12.0 Å². The molecule has 0 aromatic heterocycles. The van der Waals surface area contributed by atoms with Crippen LogP contribution in [0.3, 0.4) is 0 Å². The molecule has 3 rings (SSSR count). The molecule has 3 nitrogen and oxygen atoms in total. The van der Waals surface area contributed by atoms with Crippen LogP contribution < -0.4 is 10.6 Å². The van der Waals surface area contributed by atoms with Gasteiger partial charge in [-0.15, -0.1) is 24.0 Å². The molecule has 122 valence electrons. The number of halogens is 1. The zero-order valence-electron chi connectivity index (χ0n) is 13.4. The summed E-state index contributed by atoms with van der Waals surface area (Å²) < 4.78 is 0. The Balaban J connectivity index is 0.00000192. The predicted molar refractivity (Wildman–Crippen MR) is 107 cm³/mol. The molecule has 0 radical (unpaired) electrons. The van der Waals surface area contributed by atoms with Gasteiger partial charge >= 0.3 is 0 Å². The molecule has 0 spiro atoms. The lowest BCUT2D eigenvalue weighted by Gasteiger charge is -2.18. The number of hydrogen-bond acceptors (Lipinski definition) is 1. The summed E-state index contributed by atoms with van der Waals surface area (Å²) in [6, 6.07) is 21.7. The fourth-order valence-electron chi connectivity index (χ4n) is 2.34. The van der Waals surface area contributed by atoms with Gasteiger partial charge in [-0.05, 0) is 30.9 Å². The van der Waals surface area contributed by atoms with Gasteiger partial charge in [0, 0.05) is 6.04 Å². The number of aliphatic imine (C=N–C) groups is 1. The number of nitrogens with one attached hydrogen (secondary N) is 2. The fourth-order valence-corrected chi connectivity index (χ4v) is 2.34. The van der Waals surface area contributed by atoms with Crippen LogP contribution in [-0.2, 0) is 6.54 Å². The summed E-state index contributed by atoms with van der Waals surface area (Å²) in [6.07, 6.45) is 2.48. The van der Waals surface area contributed by atoms with Crippen molar-refractivity contribution in [1.82, 2.24) is 10.6 Å². The summed E-state index contributed by atoms with van der Waals surface area (Å²) in [5, 5.41) is 7.01. The third kappa shape index (κ3) is 5.86. The molecule has 0 amide bonds. The smallest absolute Gasteiger partial charge is 0.192 e. The molecule has 1 aliphatic rings. The number of guanidine groups is 1. The second-order valence-corrected chi connectivity index (χ2v) is 5.85. The van der Waals surface area contributed by atoms with Gasteiger partial charge in [0.15, 0.2) is 5.96 Å². The first-order valence-electron chi connectivity index (χ1n) is 7.97. The molecule has 0 aliphatic heterocycles. The van der Waals surface area contributed by atoms with Crippen LogP contribution in [0, 0.1) is 0 Å². The van der Waals surface area contributed by atoms with Gasteiger partial charge in [0.2, 0.25) is 0 Å². The van der Waals surface area contributed by atoms with Gasteiger partial charge in [0.25, 0.3) is 0 Å². The van der Waals surface area contributed by atoms with E-state index in [4.69, 9.17) is 4.99 Å². The van der Waals surface area contributed by atoms with Crippen LogP contribution in [0.2, 0.25) is 0 Å². The zero-order chi connectivity index (χ0) is 15.2. The molecule has 0 bridgehead atoms. The summed E-state index contributed by atoms with van der Waals surface area (Å²) in [5.41, 5.74) is 2.50. The predicted octanol–water partition coefficient (Wildman–Crippen LogP) is 4.26. The van der Waals surface area contributed by atoms with Crippen LogP contribution in [0.1, 0.15) is 36.9 Å². The molecule has 2 N–H and O–H groups in total. The summed E-state index contributed by atoms with van der Waals surface area (Å²) in [4.78, 5) is 4.73. The maximum Gasteiger partial charge on any atom is 0.192 e. The van der Waals surface area contributed by atoms with Crippen LogP contribution in [0.5, 0.6) is 0 Å². The Morgan fingerprint density at radius 1 is 1.04 bits per heavy atom. The van der Waals surface area contributed by atoms with E-state index in [1.54, 1.807) is 0 Å². The molecule has 1 aliphatic carbocycles. The van der Waals surface area contributed by atoms with Crippen LogP contribution in [0.25, 0.3) is 0 Å². The van der Waals surface area contributed by atoms with Gasteiger partial charge in [-0.25, -0.2) is 4.99 Å². The Labute approximate surface area is 155 Å². The highest BCUT2D eigenvalue weighted by Gasteiger charge is 2.23. The van der Waals surface area contributed by atoms with E-state index in [1.807, 2.05) is 12.1 Å². The minimum Gasteiger partial charge on any atom is -0.354 e. The SMILES string of the molecule is CC(NC(=NCc1ccccc1)NC1CC1)c1ccccc1.I. The Morgan fingerprint density at radius 3 is 2.26 bits per heavy atom. The lowest BCUT2D eigenvalue weighted by Crippen LogP contribution is -2.40. The van der Waals surface area contributed by atoms with Crippen molar-refractivity contribution in [2.24, 2.45) is 4.99 Å². The normalized spacial score (nSPS) is 15.4. The Kier molecular flexibility index (Phi) is 6.89. The van der Waals surface area contributed by atoms with Crippen molar-refractivity contribution in [3.05, 3.63) is 71.8 Å². The van der Waals surface area contributed by atoms with E-state index in [-0.39, 0.29) is 30.0 Å². The Morgan fingerprint density at radius 2 is 1.65 bits per heavy atom. The average Bonchev–Trinajstić information content (AvgIpc) is 3.38. The van der Waals surface area contributed by atoms with Crippen molar-refractivity contribution in [2.45, 2.75) is 38.4 Å². The molecular weight excluding hydrogens is 397 g/mol. The number of rotatable bonds is 5. The quantitative estimate of drug-likeness (QED) is 0.430. The Hall–Kier alpha value is -1.56. The van der Waals surface area contributed by atoms with Crippen LogP contribution in [0.4, 0.5) is 0 Å². The maximum absolute atomic E-state index is 4.73. The van der Waals surface area contributed by atoms with E-state index in [2.05, 4.69) is 66.1 Å². The van der Waals surface area contributed by atoms with Crippen molar-refractivity contribution in [2.75, 3.05) is 0 Å². The van der Waals surface area contributed by atoms with E-state index in [1.165, 1.54) is 24.0 Å². The molecule has 1 atom stereocenters. The van der Waals surface area contributed by atoms with E-state index in [0.29, 0.717) is 12.6 Å². The highest BCUT2D eigenvalue weighted by Crippen LogP contribution is 2.19. The van der Waals surface area contributed by atoms with Crippen molar-refractivity contribution in [1.29, 1.82) is 0 Å². The Bertz CT molecular complexity index is 609. The van der Waals surface area contributed by atoms with Gasteiger partial charge in [-0.2, -0.15) is 0 Å². The minimum atomic E-state index is 0. The van der Waals surface area contributed by atoms with Crippen LogP contribution >= 0.6 is 24.0 Å². The molecule has 0 saturated heterocycles. The molecule has 1 unspecified atom stereocenters. The first kappa shape index (κ1) is 17.8. The van der Waals surface area contributed by atoms with E-state index >= 15 is 0 Å². The monoisotopic (exact) mass is 421 g/mol. The fraction of sp³-hybridized carbons (Fsp3) is 0.316. The lowest BCUT2D eigenvalue weighted by atomic mass is 10.1. The second kappa shape index (κ2) is 8.91. The summed E-state index contributed by atoms with van der Waals surface area (Å²) in [7, 11) is 0. The standard InChI is InChI=1S/C19H23N3.HI/c1-15(17-10-6-3-7-11-17)21-19(22-18-12-13-18)20-14-16-8-4-2-5-9-16;/h2-11,15,18H,12-14H2,1H3,(H2,20,21,22);1H. The van der Waals surface area contributed by atoms with Crippen LogP contribution in [0.15, 0.2) is 65.7 Å². The zero-order valence-corrected chi connectivity index (χ0v) is 15.7. The van der Waals surface area contributed by atoms with Gasteiger partial charge in [-0.1, -0.05) is 60.7 Å². The molecule has 2 aromatic carbocycles. The van der Waals surface area contributed by atoms with Gasteiger partial charge < -0.3 is 10.6 Å². The van der Waals surface area contributed by atoms with Crippen molar-refractivity contribution < 1.29 is 0 Å². The molecular formula is C19H24IN3. The third-order valence-corrected chi connectivity index (χ3v) is 3.83. The lowest BCUT2D eigenvalue weighted by molar-refractivity contribution is 0.680. The summed E-state index contributed by atoms with van der Waals surface area (Å²) in [5.74, 6) is 0.905. The summed E-state index contributed by atoms with van der Waals surface area (Å²) in [6.45, 7) is 2.87. The average molecular weight is 421 g/mol. The van der Waals surface area contributed by atoms with E-state index in [9.17, 15) is 0 Å². The molecule has 0 heterocycles. The highest BCUT2D eigenvalue weighted by atomic mass is 127. The minimum absolute atomic E-state index is 0. The molecule has 1 saturated carbocycles. The molecule has 4 heteroatoms. The largest absolute Gasteiger partial charge is 0.354 e. The highest BCUT2D eigenvalue weighted by molar-refractivity contribution is 14.0. The number of nitrogens with zero attached hydrogens (tertiary/aromatic N) is 1. The maximum atomic E-state index is 4.73. The third-order valence-electron chi connectivity index (χ3n) is 3.83. The van der Waals surface area contributed by atoms with E-state index in [0.717, 1.165) is 5.96 Å². The van der Waals surface area contributed by atoms with Gasteiger partial charge in [0.1, 0.15) is 0 Å². The molecule has 23 heavy (non-hydrogen) atoms. The van der Waals surface area contributed by atoms with Crippen molar-refractivity contribution in [3.8, 4) is 0 Å². The van der Waals surface area contributed by atoms with E-state index < -0.39 is 0 Å². The molecule has 2 aromatic rings. The first-order valence-corrected chi connectivity index (χ1v) is 7.97. The van der Waals surface area contributed by atoms with Crippen molar-refractivity contribution in [3.63, 3.8) is 0 Å². The molecule has 1 fully saturated rings. The second-order valence-electron chi connectivity index (χ2n) is 5.85. The van der Waals surface area contributed by atoms with Gasteiger partial charge in [-0.3, -0.25) is 0 Å². The first-order chi connectivity index (χ1) is 10.8.